The van der Waals surface area contributed by atoms with Crippen LogP contribution in [0.5, 0.6) is 6.01 Å². The predicted octanol–water partition coefficient (Wildman–Crippen LogP) is 4.79. The monoisotopic (exact) mass is 545 g/mol. The highest BCUT2D eigenvalue weighted by Gasteiger charge is 2.29. The van der Waals surface area contributed by atoms with Crippen LogP contribution >= 0.6 is 22.9 Å². The van der Waals surface area contributed by atoms with Crippen molar-refractivity contribution in [1.82, 2.24) is 19.9 Å². The quantitative estimate of drug-likeness (QED) is 0.317. The smallest absolute Gasteiger partial charge is 0.319 e. The third kappa shape index (κ3) is 4.43. The van der Waals surface area contributed by atoms with Crippen LogP contribution in [0.25, 0.3) is 32.2 Å². The van der Waals surface area contributed by atoms with E-state index >= 15 is 4.39 Å². The number of hydrogen-bond acceptors (Lipinski definition) is 9. The van der Waals surface area contributed by atoms with E-state index in [0.717, 1.165) is 43.6 Å². The minimum absolute atomic E-state index is 0.0518. The van der Waals surface area contributed by atoms with Gasteiger partial charge in [-0.2, -0.15) is 9.97 Å². The number of fused-ring (bicyclic) bond motifs is 2. The Morgan fingerprint density at radius 1 is 1.22 bits per heavy atom. The number of nitrogens with zero attached hydrogens (tertiary/aromatic N) is 4. The van der Waals surface area contributed by atoms with Gasteiger partial charge in [0.05, 0.1) is 15.2 Å². The maximum Gasteiger partial charge on any atom is 0.319 e. The zero-order valence-corrected chi connectivity index (χ0v) is 21.7. The van der Waals surface area contributed by atoms with E-state index < -0.39 is 11.6 Å². The molecule has 194 valence electrons. The van der Waals surface area contributed by atoms with E-state index in [2.05, 4.69) is 32.2 Å². The summed E-state index contributed by atoms with van der Waals surface area (Å²) in [6.07, 6.45) is 3.67. The Labute approximate surface area is 221 Å². The first kappa shape index (κ1) is 24.5. The normalized spacial score (nSPS) is 22.0. The Kier molecular flexibility index (Phi) is 6.26. The molecular weight excluding hydrogens is 520 g/mol. The van der Waals surface area contributed by atoms with Crippen LogP contribution in [0.2, 0.25) is 5.02 Å². The third-order valence-electron chi connectivity index (χ3n) is 7.24. The zero-order valence-electron chi connectivity index (χ0n) is 20.1. The molecule has 2 aliphatic rings. The van der Waals surface area contributed by atoms with Crippen molar-refractivity contribution in [2.45, 2.75) is 43.8 Å². The fourth-order valence-electron chi connectivity index (χ4n) is 5.12. The molecule has 8 nitrogen and oxygen atoms in total. The largest absolute Gasteiger partial charge is 0.462 e. The molecule has 3 heterocycles. The van der Waals surface area contributed by atoms with E-state index in [1.54, 1.807) is 6.07 Å². The van der Waals surface area contributed by atoms with Crippen molar-refractivity contribution in [2.75, 3.05) is 31.2 Å². The van der Waals surface area contributed by atoms with Gasteiger partial charge >= 0.3 is 6.01 Å². The van der Waals surface area contributed by atoms with E-state index in [0.29, 0.717) is 23.4 Å². The molecule has 0 amide bonds. The number of likely N-dealkylation sites (N-methyl/N-ethyl adjacent to an activating group) is 1. The molecule has 2 aromatic heterocycles. The predicted molar refractivity (Wildman–Crippen MR) is 143 cm³/mol. The lowest BCUT2D eigenvalue weighted by molar-refractivity contribution is 0.188. The highest BCUT2D eigenvalue weighted by molar-refractivity contribution is 7.22. The summed E-state index contributed by atoms with van der Waals surface area (Å²) in [5, 5.41) is 4.09. The van der Waals surface area contributed by atoms with E-state index in [9.17, 15) is 4.39 Å². The van der Waals surface area contributed by atoms with E-state index in [1.807, 2.05) is 0 Å². The maximum absolute atomic E-state index is 16.3. The standard InChI is InChI=1S/C25H26ClF2N7OS/c1-35-6-2-3-13(35)10-36-25-33-20-15(23(34-25)31-12-7-11(29)8-12)9-16(26)18(19(20)28)14-4-5-17(27)22-21(14)32-24(30)37-22/h4-5,9,11-13H,2-3,6-8,10,29H2,1H3,(H2,30,32)(H,31,33,34). The summed E-state index contributed by atoms with van der Waals surface area (Å²) < 4.78 is 36.9. The molecule has 1 unspecified atom stereocenters. The summed E-state index contributed by atoms with van der Waals surface area (Å²) >= 11 is 7.64. The lowest BCUT2D eigenvalue weighted by Gasteiger charge is -2.33. The Morgan fingerprint density at radius 2 is 2.03 bits per heavy atom. The molecule has 1 saturated carbocycles. The second-order valence-electron chi connectivity index (χ2n) is 9.78. The summed E-state index contributed by atoms with van der Waals surface area (Å²) in [7, 11) is 2.05. The molecule has 2 aromatic carbocycles. The number of halogens is 3. The Morgan fingerprint density at radius 3 is 2.76 bits per heavy atom. The van der Waals surface area contributed by atoms with Gasteiger partial charge < -0.3 is 26.4 Å². The summed E-state index contributed by atoms with van der Waals surface area (Å²) in [4.78, 5) is 15.5. The van der Waals surface area contributed by atoms with Gasteiger partial charge in [0.2, 0.25) is 0 Å². The number of likely N-dealkylation sites (tertiary alicyclic amines) is 1. The van der Waals surface area contributed by atoms with Gasteiger partial charge in [0.25, 0.3) is 0 Å². The van der Waals surface area contributed by atoms with Crippen molar-refractivity contribution in [3.05, 3.63) is 34.9 Å². The van der Waals surface area contributed by atoms with Gasteiger partial charge in [0.15, 0.2) is 10.9 Å². The molecule has 1 saturated heterocycles. The number of nitrogens with one attached hydrogen (secondary N) is 1. The molecule has 12 heteroatoms. The molecule has 37 heavy (non-hydrogen) atoms. The van der Waals surface area contributed by atoms with E-state index in [1.165, 1.54) is 12.1 Å². The van der Waals surface area contributed by atoms with Gasteiger partial charge in [-0.05, 0) is 57.5 Å². The molecule has 2 fully saturated rings. The number of aromatic nitrogens is 3. The number of benzene rings is 2. The van der Waals surface area contributed by atoms with Crippen LogP contribution in [-0.4, -0.2) is 58.2 Å². The van der Waals surface area contributed by atoms with Crippen LogP contribution in [-0.2, 0) is 0 Å². The van der Waals surface area contributed by atoms with Crippen LogP contribution in [0.3, 0.4) is 0 Å². The number of thiazole rings is 1. The fourth-order valence-corrected chi connectivity index (χ4v) is 6.18. The zero-order chi connectivity index (χ0) is 25.8. The molecule has 1 atom stereocenters. The van der Waals surface area contributed by atoms with E-state index in [4.69, 9.17) is 27.8 Å². The number of hydrogen-bond donors (Lipinski definition) is 3. The second-order valence-corrected chi connectivity index (χ2v) is 11.2. The molecule has 0 spiro atoms. The lowest BCUT2D eigenvalue weighted by atomic mass is 9.87. The minimum atomic E-state index is -0.666. The van der Waals surface area contributed by atoms with Crippen molar-refractivity contribution < 1.29 is 13.5 Å². The van der Waals surface area contributed by atoms with Gasteiger partial charge in [-0.3, -0.25) is 0 Å². The van der Waals surface area contributed by atoms with Gasteiger partial charge in [-0.25, -0.2) is 13.8 Å². The van der Waals surface area contributed by atoms with Crippen LogP contribution < -0.4 is 21.5 Å². The highest BCUT2D eigenvalue weighted by atomic mass is 35.5. The van der Waals surface area contributed by atoms with Crippen molar-refractivity contribution in [2.24, 2.45) is 5.73 Å². The Hall–Kier alpha value is -2.86. The first-order valence-electron chi connectivity index (χ1n) is 12.2. The van der Waals surface area contributed by atoms with Crippen LogP contribution in [0.15, 0.2) is 18.2 Å². The van der Waals surface area contributed by atoms with Crippen molar-refractivity contribution in [3.63, 3.8) is 0 Å². The number of nitrogens with two attached hydrogens (primary N) is 2. The molecule has 0 radical (unpaired) electrons. The lowest BCUT2D eigenvalue weighted by Crippen LogP contribution is -2.44. The number of rotatable bonds is 6. The third-order valence-corrected chi connectivity index (χ3v) is 8.43. The molecule has 5 N–H and O–H groups in total. The maximum atomic E-state index is 16.3. The number of nitrogen functional groups attached to an aromatic ring is 1. The SMILES string of the molecule is CN1CCCC1COc1nc(NC2CC(N)C2)c2cc(Cl)c(-c3ccc(F)c4sc(N)nc34)c(F)c2n1. The Bertz CT molecular complexity index is 1510. The summed E-state index contributed by atoms with van der Waals surface area (Å²) in [6.45, 7) is 1.40. The number of anilines is 2. The summed E-state index contributed by atoms with van der Waals surface area (Å²) in [5.74, 6) is -0.711. The highest BCUT2D eigenvalue weighted by Crippen LogP contribution is 2.42. The average molecular weight is 546 g/mol. The molecule has 4 aromatic rings. The van der Waals surface area contributed by atoms with Gasteiger partial charge in [0, 0.05) is 34.6 Å². The van der Waals surface area contributed by atoms with Gasteiger partial charge in [-0.15, -0.1) is 0 Å². The molecule has 6 rings (SSSR count). The molecule has 1 aliphatic heterocycles. The van der Waals surface area contributed by atoms with Crippen LogP contribution in [0, 0.1) is 11.6 Å². The number of ether oxygens (including phenoxy) is 1. The molecule has 1 aliphatic carbocycles. The summed E-state index contributed by atoms with van der Waals surface area (Å²) in [6, 6.07) is 4.89. The molecule has 0 bridgehead atoms. The van der Waals surface area contributed by atoms with Crippen LogP contribution in [0.1, 0.15) is 25.7 Å². The molecular formula is C25H26ClF2N7OS. The van der Waals surface area contributed by atoms with E-state index in [-0.39, 0.29) is 55.6 Å². The first-order chi connectivity index (χ1) is 17.8. The summed E-state index contributed by atoms with van der Waals surface area (Å²) in [5.41, 5.74) is 12.5. The van der Waals surface area contributed by atoms with Crippen molar-refractivity contribution >= 4 is 55.0 Å². The van der Waals surface area contributed by atoms with Gasteiger partial charge in [-0.1, -0.05) is 22.9 Å². The topological polar surface area (TPSA) is 115 Å². The van der Waals surface area contributed by atoms with Gasteiger partial charge in [0.1, 0.15) is 23.8 Å². The van der Waals surface area contributed by atoms with Crippen LogP contribution in [0.4, 0.5) is 19.7 Å². The first-order valence-corrected chi connectivity index (χ1v) is 13.4. The Balaban J connectivity index is 1.47. The average Bonchev–Trinajstić information content (AvgIpc) is 3.44. The fraction of sp³-hybridized carbons (Fsp3) is 0.400. The minimum Gasteiger partial charge on any atom is -0.462 e. The van der Waals surface area contributed by atoms with Crippen molar-refractivity contribution in [1.29, 1.82) is 0 Å². The second kappa shape index (κ2) is 9.46. The van der Waals surface area contributed by atoms with Crippen molar-refractivity contribution in [3.8, 4) is 17.1 Å².